The van der Waals surface area contributed by atoms with Crippen molar-refractivity contribution in [2.75, 3.05) is 7.11 Å². The normalized spacial score (nSPS) is 10.8. The Balaban J connectivity index is 2.00. The van der Waals surface area contributed by atoms with E-state index in [1.54, 1.807) is 19.2 Å². The molecule has 0 N–H and O–H groups in total. The van der Waals surface area contributed by atoms with Crippen LogP contribution in [0.4, 0.5) is 4.39 Å². The van der Waals surface area contributed by atoms with Crippen LogP contribution in [0, 0.1) is 19.7 Å². The molecule has 0 fully saturated rings. The lowest BCUT2D eigenvalue weighted by Crippen LogP contribution is -2.06. The first-order valence-electron chi connectivity index (χ1n) is 10.0. The molecule has 0 bridgehead atoms. The fourth-order valence-electron chi connectivity index (χ4n) is 3.60. The van der Waals surface area contributed by atoms with Crippen molar-refractivity contribution in [1.82, 2.24) is 4.98 Å². The minimum Gasteiger partial charge on any atom is -0.496 e. The molecule has 0 saturated carbocycles. The maximum absolute atomic E-state index is 14.0. The first-order valence-corrected chi connectivity index (χ1v) is 10.0. The maximum atomic E-state index is 14.0. The largest absolute Gasteiger partial charge is 0.496 e. The van der Waals surface area contributed by atoms with Gasteiger partial charge in [0.2, 0.25) is 0 Å². The third-order valence-corrected chi connectivity index (χ3v) is 5.22. The molecule has 152 valence electrons. The van der Waals surface area contributed by atoms with Crippen molar-refractivity contribution in [2.24, 2.45) is 0 Å². The van der Waals surface area contributed by atoms with Gasteiger partial charge in [0.1, 0.15) is 12.4 Å². The van der Waals surface area contributed by atoms with Crippen molar-refractivity contribution in [2.45, 2.75) is 47.1 Å². The molecule has 3 rings (SSSR count). The van der Waals surface area contributed by atoms with Gasteiger partial charge in [0, 0.05) is 17.3 Å². The van der Waals surface area contributed by atoms with Gasteiger partial charge in [-0.3, -0.25) is 4.98 Å². The fourth-order valence-corrected chi connectivity index (χ4v) is 3.60. The van der Waals surface area contributed by atoms with E-state index in [2.05, 4.69) is 32.0 Å². The number of aromatic nitrogens is 1. The van der Waals surface area contributed by atoms with E-state index in [4.69, 9.17) is 14.5 Å². The van der Waals surface area contributed by atoms with Gasteiger partial charge in [-0.25, -0.2) is 4.39 Å². The lowest BCUT2D eigenvalue weighted by Gasteiger charge is -2.18. The number of aryl methyl sites for hydroxylation is 4. The molecule has 29 heavy (non-hydrogen) atoms. The average Bonchev–Trinajstić information content (AvgIpc) is 2.73. The van der Waals surface area contributed by atoms with E-state index in [-0.39, 0.29) is 18.2 Å². The SMILES string of the molecule is CCc1cccc(CC)c1-c1cc(OC)c(COc2cc(C)ccc2F)c(C)n1. The Labute approximate surface area is 172 Å². The number of methoxy groups -OCH3 is 1. The molecule has 0 aliphatic rings. The van der Waals surface area contributed by atoms with Crippen LogP contribution in [0.25, 0.3) is 11.3 Å². The highest BCUT2D eigenvalue weighted by Gasteiger charge is 2.17. The number of pyridine rings is 1. The fraction of sp³-hybridized carbons (Fsp3) is 0.320. The second-order valence-corrected chi connectivity index (χ2v) is 7.15. The predicted molar refractivity (Wildman–Crippen MR) is 115 cm³/mol. The van der Waals surface area contributed by atoms with Gasteiger partial charge >= 0.3 is 0 Å². The standard InChI is InChI=1S/C25H28FNO2/c1-6-18-9-8-10-19(7-2)25(18)22-14-23(28-5)20(17(4)27-22)15-29-24-13-16(3)11-12-21(24)26/h8-14H,6-7,15H2,1-5H3. The highest BCUT2D eigenvalue weighted by Crippen LogP contribution is 2.33. The number of nitrogens with zero attached hydrogens (tertiary/aromatic N) is 1. The van der Waals surface area contributed by atoms with Crippen LogP contribution in [0.15, 0.2) is 42.5 Å². The molecule has 0 amide bonds. The van der Waals surface area contributed by atoms with Crippen molar-refractivity contribution in [3.8, 4) is 22.8 Å². The second kappa shape index (κ2) is 9.08. The number of rotatable bonds is 7. The van der Waals surface area contributed by atoms with Crippen LogP contribution in [-0.4, -0.2) is 12.1 Å². The molecule has 4 heteroatoms. The quantitative estimate of drug-likeness (QED) is 0.478. The Morgan fingerprint density at radius 2 is 1.62 bits per heavy atom. The van der Waals surface area contributed by atoms with Gasteiger partial charge in [-0.15, -0.1) is 0 Å². The number of benzene rings is 2. The first-order chi connectivity index (χ1) is 14.0. The predicted octanol–water partition coefficient (Wildman–Crippen LogP) is 6.22. The van der Waals surface area contributed by atoms with Crippen molar-refractivity contribution in [1.29, 1.82) is 0 Å². The molecule has 0 spiro atoms. The Morgan fingerprint density at radius 3 is 2.24 bits per heavy atom. The van der Waals surface area contributed by atoms with Gasteiger partial charge in [0.05, 0.1) is 18.4 Å². The van der Waals surface area contributed by atoms with Gasteiger partial charge in [-0.05, 0) is 55.5 Å². The van der Waals surface area contributed by atoms with Crippen LogP contribution in [0.5, 0.6) is 11.5 Å². The third-order valence-electron chi connectivity index (χ3n) is 5.22. The van der Waals surface area contributed by atoms with Crippen molar-refractivity contribution in [3.63, 3.8) is 0 Å². The van der Waals surface area contributed by atoms with Gasteiger partial charge in [0.15, 0.2) is 11.6 Å². The van der Waals surface area contributed by atoms with Crippen LogP contribution in [0.2, 0.25) is 0 Å². The zero-order chi connectivity index (χ0) is 21.0. The number of hydrogen-bond donors (Lipinski definition) is 0. The van der Waals surface area contributed by atoms with Crippen LogP contribution in [-0.2, 0) is 19.4 Å². The minimum absolute atomic E-state index is 0.193. The molecule has 0 aliphatic heterocycles. The number of hydrogen-bond acceptors (Lipinski definition) is 3. The summed E-state index contributed by atoms with van der Waals surface area (Å²) in [6, 6.07) is 13.2. The molecular formula is C25H28FNO2. The van der Waals surface area contributed by atoms with Gasteiger partial charge in [-0.2, -0.15) is 0 Å². The number of ether oxygens (including phenoxy) is 2. The summed E-state index contributed by atoms with van der Waals surface area (Å²) in [5.74, 6) is 0.565. The lowest BCUT2D eigenvalue weighted by atomic mass is 9.94. The Bertz CT molecular complexity index is 992. The van der Waals surface area contributed by atoms with Crippen LogP contribution in [0.1, 0.15) is 41.8 Å². The third kappa shape index (κ3) is 4.42. The molecule has 3 aromatic rings. The smallest absolute Gasteiger partial charge is 0.165 e. The van der Waals surface area contributed by atoms with E-state index < -0.39 is 0 Å². The zero-order valence-electron chi connectivity index (χ0n) is 17.8. The summed E-state index contributed by atoms with van der Waals surface area (Å²) in [6.45, 7) is 8.35. The Morgan fingerprint density at radius 1 is 0.931 bits per heavy atom. The minimum atomic E-state index is -0.374. The molecule has 0 aliphatic carbocycles. The maximum Gasteiger partial charge on any atom is 0.165 e. The lowest BCUT2D eigenvalue weighted by molar-refractivity contribution is 0.281. The zero-order valence-corrected chi connectivity index (χ0v) is 17.8. The van der Waals surface area contributed by atoms with E-state index in [0.717, 1.165) is 35.4 Å². The summed E-state index contributed by atoms with van der Waals surface area (Å²) in [5.41, 5.74) is 7.20. The first kappa shape index (κ1) is 20.8. The summed E-state index contributed by atoms with van der Waals surface area (Å²) in [4.78, 5) is 4.87. The number of halogens is 1. The van der Waals surface area contributed by atoms with E-state index in [1.807, 2.05) is 19.9 Å². The van der Waals surface area contributed by atoms with Crippen LogP contribution in [0.3, 0.4) is 0 Å². The van der Waals surface area contributed by atoms with Gasteiger partial charge in [0.25, 0.3) is 0 Å². The highest BCUT2D eigenvalue weighted by molar-refractivity contribution is 5.70. The van der Waals surface area contributed by atoms with E-state index in [1.165, 1.54) is 22.8 Å². The van der Waals surface area contributed by atoms with Crippen molar-refractivity contribution in [3.05, 3.63) is 76.2 Å². The van der Waals surface area contributed by atoms with Crippen LogP contribution >= 0.6 is 0 Å². The summed E-state index contributed by atoms with van der Waals surface area (Å²) >= 11 is 0. The molecule has 0 atom stereocenters. The van der Waals surface area contributed by atoms with Gasteiger partial charge in [-0.1, -0.05) is 38.1 Å². The Kier molecular flexibility index (Phi) is 6.53. The molecule has 0 radical (unpaired) electrons. The summed E-state index contributed by atoms with van der Waals surface area (Å²) in [6.07, 6.45) is 1.87. The molecule has 1 heterocycles. The highest BCUT2D eigenvalue weighted by atomic mass is 19.1. The summed E-state index contributed by atoms with van der Waals surface area (Å²) in [7, 11) is 1.64. The molecule has 2 aromatic carbocycles. The van der Waals surface area contributed by atoms with Gasteiger partial charge < -0.3 is 9.47 Å². The average molecular weight is 394 g/mol. The van der Waals surface area contributed by atoms with Crippen molar-refractivity contribution < 1.29 is 13.9 Å². The Hall–Kier alpha value is -2.88. The molecule has 1 aromatic heterocycles. The van der Waals surface area contributed by atoms with E-state index in [0.29, 0.717) is 5.75 Å². The topological polar surface area (TPSA) is 31.4 Å². The van der Waals surface area contributed by atoms with E-state index >= 15 is 0 Å². The van der Waals surface area contributed by atoms with E-state index in [9.17, 15) is 4.39 Å². The monoisotopic (exact) mass is 393 g/mol. The summed E-state index contributed by atoms with van der Waals surface area (Å²) in [5, 5.41) is 0. The van der Waals surface area contributed by atoms with Crippen LogP contribution < -0.4 is 9.47 Å². The van der Waals surface area contributed by atoms with Crippen molar-refractivity contribution >= 4 is 0 Å². The molecule has 3 nitrogen and oxygen atoms in total. The molecular weight excluding hydrogens is 365 g/mol. The second-order valence-electron chi connectivity index (χ2n) is 7.15. The molecule has 0 saturated heterocycles. The summed E-state index contributed by atoms with van der Waals surface area (Å²) < 4.78 is 25.5. The molecule has 0 unspecified atom stereocenters.